The van der Waals surface area contributed by atoms with E-state index >= 15 is 0 Å². The molecule has 1 N–H and O–H groups in total. The fourth-order valence-corrected chi connectivity index (χ4v) is 3.18. The van der Waals surface area contributed by atoms with E-state index in [1.165, 1.54) is 0 Å². The minimum absolute atomic E-state index is 0.155. The molecule has 1 fully saturated rings. The molecular weight excluding hydrogens is 324 g/mol. The van der Waals surface area contributed by atoms with Crippen LogP contribution in [0.2, 0.25) is 0 Å². The van der Waals surface area contributed by atoms with Crippen molar-refractivity contribution in [2.24, 2.45) is 0 Å². The van der Waals surface area contributed by atoms with Crippen molar-refractivity contribution in [2.75, 3.05) is 23.4 Å². The third-order valence-electron chi connectivity index (χ3n) is 3.70. The molecule has 6 heteroatoms. The van der Waals surface area contributed by atoms with E-state index in [2.05, 4.69) is 33.1 Å². The lowest BCUT2D eigenvalue weighted by atomic mass is 10.1. The maximum Gasteiger partial charge on any atom is 0.296 e. The van der Waals surface area contributed by atoms with Gasteiger partial charge in [-0.25, -0.2) is 0 Å². The normalized spacial score (nSPS) is 25.6. The Morgan fingerprint density at radius 3 is 2.85 bits per heavy atom. The summed E-state index contributed by atoms with van der Waals surface area (Å²) in [5.74, 6) is -1.04. The topological polar surface area (TPSA) is 58.6 Å². The van der Waals surface area contributed by atoms with Gasteiger partial charge in [0.1, 0.15) is 0 Å². The molecule has 3 rings (SSSR count). The van der Waals surface area contributed by atoms with E-state index in [0.717, 1.165) is 16.7 Å². The van der Waals surface area contributed by atoms with E-state index in [9.17, 15) is 9.59 Å². The zero-order valence-electron chi connectivity index (χ0n) is 11.3. The standard InChI is InChI=1S/C14H15BrN2O3/c1-7-6-20-8(2)5-17(7)12-4-11-9(3-10(12)15)13(18)14(19)16-11/h3-4,7-8H,5-6H2,1-2H3,(H,16,18,19). The van der Waals surface area contributed by atoms with Crippen LogP contribution in [0.15, 0.2) is 16.6 Å². The van der Waals surface area contributed by atoms with Crippen molar-refractivity contribution >= 4 is 39.0 Å². The minimum atomic E-state index is -0.563. The van der Waals surface area contributed by atoms with Gasteiger partial charge >= 0.3 is 0 Å². The predicted octanol–water partition coefficient (Wildman–Crippen LogP) is 2.20. The van der Waals surface area contributed by atoms with Gasteiger partial charge in [0.05, 0.1) is 29.6 Å². The number of hydrogen-bond acceptors (Lipinski definition) is 4. The van der Waals surface area contributed by atoms with E-state index < -0.39 is 11.7 Å². The minimum Gasteiger partial charge on any atom is -0.375 e. The Labute approximate surface area is 125 Å². The van der Waals surface area contributed by atoms with Gasteiger partial charge < -0.3 is 15.0 Å². The first kappa shape index (κ1) is 13.6. The predicted molar refractivity (Wildman–Crippen MR) is 79.3 cm³/mol. The van der Waals surface area contributed by atoms with Gasteiger partial charge in [-0.05, 0) is 41.9 Å². The van der Waals surface area contributed by atoms with Gasteiger partial charge in [0.15, 0.2) is 0 Å². The Bertz CT molecular complexity index is 602. The molecule has 2 aliphatic heterocycles. The SMILES string of the molecule is CC1CN(c2cc3c(cc2Br)C(=O)C(=O)N3)C(C)CO1. The van der Waals surface area contributed by atoms with Gasteiger partial charge in [0.25, 0.3) is 11.7 Å². The summed E-state index contributed by atoms with van der Waals surface area (Å²) >= 11 is 3.51. The van der Waals surface area contributed by atoms with Crippen molar-refractivity contribution in [3.8, 4) is 0 Å². The molecule has 5 nitrogen and oxygen atoms in total. The van der Waals surface area contributed by atoms with Crippen LogP contribution in [-0.4, -0.2) is 37.0 Å². The van der Waals surface area contributed by atoms with Crippen LogP contribution in [-0.2, 0) is 9.53 Å². The Balaban J connectivity index is 2.01. The second kappa shape index (κ2) is 4.86. The van der Waals surface area contributed by atoms with Crippen molar-refractivity contribution in [1.82, 2.24) is 0 Å². The number of ether oxygens (including phenoxy) is 1. The molecular formula is C14H15BrN2O3. The number of anilines is 2. The number of benzene rings is 1. The first-order chi connectivity index (χ1) is 9.47. The summed E-state index contributed by atoms with van der Waals surface area (Å²) in [5, 5.41) is 2.61. The average Bonchev–Trinajstić information content (AvgIpc) is 2.68. The highest BCUT2D eigenvalue weighted by Gasteiger charge is 2.31. The molecule has 20 heavy (non-hydrogen) atoms. The van der Waals surface area contributed by atoms with Gasteiger partial charge in [-0.1, -0.05) is 0 Å². The molecule has 1 saturated heterocycles. The Morgan fingerprint density at radius 1 is 1.35 bits per heavy atom. The number of carbonyl (C=O) groups excluding carboxylic acids is 2. The summed E-state index contributed by atoms with van der Waals surface area (Å²) in [5.41, 5.74) is 1.99. The number of carbonyl (C=O) groups is 2. The van der Waals surface area contributed by atoms with Crippen molar-refractivity contribution in [3.05, 3.63) is 22.2 Å². The molecule has 1 aromatic carbocycles. The molecule has 1 amide bonds. The maximum absolute atomic E-state index is 11.7. The Morgan fingerprint density at radius 2 is 2.10 bits per heavy atom. The number of morpholine rings is 1. The second-order valence-electron chi connectivity index (χ2n) is 5.28. The van der Waals surface area contributed by atoms with E-state index in [1.54, 1.807) is 6.07 Å². The number of amides is 1. The van der Waals surface area contributed by atoms with Crippen LogP contribution in [0, 0.1) is 0 Å². The van der Waals surface area contributed by atoms with Crippen molar-refractivity contribution in [2.45, 2.75) is 26.0 Å². The average molecular weight is 339 g/mol. The Kier molecular flexibility index (Phi) is 3.30. The van der Waals surface area contributed by atoms with Gasteiger partial charge in [-0.15, -0.1) is 0 Å². The second-order valence-corrected chi connectivity index (χ2v) is 6.13. The highest BCUT2D eigenvalue weighted by atomic mass is 79.9. The van der Waals surface area contributed by atoms with Crippen LogP contribution in [0.25, 0.3) is 0 Å². The fraction of sp³-hybridized carbons (Fsp3) is 0.429. The van der Waals surface area contributed by atoms with Gasteiger partial charge in [-0.3, -0.25) is 9.59 Å². The van der Waals surface area contributed by atoms with Crippen LogP contribution < -0.4 is 10.2 Å². The molecule has 106 valence electrons. The highest BCUT2D eigenvalue weighted by Crippen LogP contribution is 2.37. The van der Waals surface area contributed by atoms with Crippen LogP contribution in [0.3, 0.4) is 0 Å². The summed E-state index contributed by atoms with van der Waals surface area (Å²) in [7, 11) is 0. The zero-order valence-corrected chi connectivity index (χ0v) is 12.9. The zero-order chi connectivity index (χ0) is 14.4. The molecule has 1 aromatic rings. The van der Waals surface area contributed by atoms with Crippen molar-refractivity contribution in [3.63, 3.8) is 0 Å². The number of halogens is 1. The molecule has 0 aromatic heterocycles. The van der Waals surface area contributed by atoms with Crippen LogP contribution in [0.5, 0.6) is 0 Å². The van der Waals surface area contributed by atoms with Gasteiger partial charge in [0, 0.05) is 17.1 Å². The molecule has 0 saturated carbocycles. The quantitative estimate of drug-likeness (QED) is 0.797. The number of nitrogens with one attached hydrogen (secondary N) is 1. The van der Waals surface area contributed by atoms with Gasteiger partial charge in [0.2, 0.25) is 0 Å². The smallest absolute Gasteiger partial charge is 0.296 e. The fourth-order valence-electron chi connectivity index (χ4n) is 2.61. The number of fused-ring (bicyclic) bond motifs is 1. The summed E-state index contributed by atoms with van der Waals surface area (Å²) in [4.78, 5) is 25.4. The van der Waals surface area contributed by atoms with Crippen molar-refractivity contribution in [1.29, 1.82) is 0 Å². The third-order valence-corrected chi connectivity index (χ3v) is 4.34. The van der Waals surface area contributed by atoms with Crippen LogP contribution >= 0.6 is 15.9 Å². The number of nitrogens with zero attached hydrogens (tertiary/aromatic N) is 1. The highest BCUT2D eigenvalue weighted by molar-refractivity contribution is 9.10. The largest absolute Gasteiger partial charge is 0.375 e. The molecule has 2 atom stereocenters. The van der Waals surface area contributed by atoms with Crippen LogP contribution in [0.1, 0.15) is 24.2 Å². The summed E-state index contributed by atoms with van der Waals surface area (Å²) < 4.78 is 6.45. The summed E-state index contributed by atoms with van der Waals surface area (Å²) in [6.45, 7) is 5.57. The van der Waals surface area contributed by atoms with Crippen molar-refractivity contribution < 1.29 is 14.3 Å². The number of ketones is 1. The molecule has 0 aliphatic carbocycles. The monoisotopic (exact) mass is 338 g/mol. The number of hydrogen-bond donors (Lipinski definition) is 1. The van der Waals surface area contributed by atoms with E-state index in [4.69, 9.17) is 4.74 Å². The summed E-state index contributed by atoms with van der Waals surface area (Å²) in [6, 6.07) is 3.82. The molecule has 2 aliphatic rings. The first-order valence-electron chi connectivity index (χ1n) is 6.55. The number of rotatable bonds is 1. The Hall–Kier alpha value is -1.40. The maximum atomic E-state index is 11.7. The van der Waals surface area contributed by atoms with E-state index in [1.807, 2.05) is 13.0 Å². The lowest BCUT2D eigenvalue weighted by Crippen LogP contribution is -2.47. The molecule has 0 spiro atoms. The van der Waals surface area contributed by atoms with Gasteiger partial charge in [-0.2, -0.15) is 0 Å². The first-order valence-corrected chi connectivity index (χ1v) is 7.34. The lowest BCUT2D eigenvalue weighted by molar-refractivity contribution is -0.112. The lowest BCUT2D eigenvalue weighted by Gasteiger charge is -2.39. The molecule has 2 heterocycles. The third kappa shape index (κ3) is 2.13. The number of Topliss-reactive ketones (excluding diaryl/α,β-unsaturated/α-hetero) is 1. The summed E-state index contributed by atoms with van der Waals surface area (Å²) in [6.07, 6.45) is 0.155. The molecule has 2 unspecified atom stereocenters. The molecule has 0 radical (unpaired) electrons. The van der Waals surface area contributed by atoms with E-state index in [-0.39, 0.29) is 12.1 Å². The molecule has 0 bridgehead atoms. The van der Waals surface area contributed by atoms with E-state index in [0.29, 0.717) is 17.9 Å². The van der Waals surface area contributed by atoms with Crippen LogP contribution in [0.4, 0.5) is 11.4 Å².